The molecule has 0 aliphatic heterocycles. The minimum atomic E-state index is 0.942. The van der Waals surface area contributed by atoms with E-state index in [1.807, 2.05) is 32.0 Å². The molecular formula is C13H12N3. The highest BCUT2D eigenvalue weighted by Crippen LogP contribution is 2.24. The Balaban J connectivity index is 2.22. The van der Waals surface area contributed by atoms with E-state index in [1.54, 1.807) is 0 Å². The van der Waals surface area contributed by atoms with E-state index < -0.39 is 0 Å². The molecule has 0 amide bonds. The van der Waals surface area contributed by atoms with Gasteiger partial charge < -0.3 is 9.97 Å². The maximum atomic E-state index is 4.48. The van der Waals surface area contributed by atoms with Gasteiger partial charge in [-0.15, -0.1) is 0 Å². The first-order valence-electron chi connectivity index (χ1n) is 5.26. The van der Waals surface area contributed by atoms with Crippen LogP contribution in [0.2, 0.25) is 0 Å². The van der Waals surface area contributed by atoms with Crippen molar-refractivity contribution < 1.29 is 0 Å². The Kier molecular flexibility index (Phi) is 1.86. The third-order valence-corrected chi connectivity index (χ3v) is 2.72. The van der Waals surface area contributed by atoms with Crippen molar-refractivity contribution in [3.63, 3.8) is 0 Å². The summed E-state index contributed by atoms with van der Waals surface area (Å²) in [5, 5.41) is 1.16. The lowest BCUT2D eigenvalue weighted by Crippen LogP contribution is -1.80. The Hall–Kier alpha value is -2.03. The van der Waals surface area contributed by atoms with Crippen molar-refractivity contribution in [2.75, 3.05) is 0 Å². The second-order valence-electron chi connectivity index (χ2n) is 3.99. The number of hydrogen-bond donors (Lipinski definition) is 2. The van der Waals surface area contributed by atoms with E-state index in [-0.39, 0.29) is 0 Å². The minimum Gasteiger partial charge on any atom is -0.353 e. The van der Waals surface area contributed by atoms with Gasteiger partial charge >= 0.3 is 0 Å². The van der Waals surface area contributed by atoms with Gasteiger partial charge in [-0.2, -0.15) is 0 Å². The number of fused-ring (bicyclic) bond motifs is 1. The number of rotatable bonds is 1. The molecule has 1 aromatic carbocycles. The summed E-state index contributed by atoms with van der Waals surface area (Å²) in [4.78, 5) is 11.1. The molecule has 0 fully saturated rings. The largest absolute Gasteiger partial charge is 0.353 e. The van der Waals surface area contributed by atoms with Gasteiger partial charge in [0.15, 0.2) is 0 Å². The maximum Gasteiger partial charge on any atom is 0.108 e. The lowest BCUT2D eigenvalue weighted by molar-refractivity contribution is 1.13. The summed E-state index contributed by atoms with van der Waals surface area (Å²) in [7, 11) is 0. The summed E-state index contributed by atoms with van der Waals surface area (Å²) in [6.07, 6.45) is 0. The molecule has 2 aromatic heterocycles. The molecule has 2 heterocycles. The number of aromatic nitrogens is 3. The first kappa shape index (κ1) is 9.21. The molecule has 1 radical (unpaired) electrons. The number of nitrogens with one attached hydrogen (secondary N) is 2. The van der Waals surface area contributed by atoms with Gasteiger partial charge in [0, 0.05) is 16.6 Å². The molecule has 16 heavy (non-hydrogen) atoms. The van der Waals surface area contributed by atoms with Crippen molar-refractivity contribution >= 4 is 10.9 Å². The van der Waals surface area contributed by atoms with Crippen LogP contribution in [-0.4, -0.2) is 15.0 Å². The first-order chi connectivity index (χ1) is 7.74. The van der Waals surface area contributed by atoms with Crippen molar-refractivity contribution in [3.8, 4) is 11.4 Å². The smallest absolute Gasteiger partial charge is 0.108 e. The van der Waals surface area contributed by atoms with Gasteiger partial charge in [0.1, 0.15) is 11.5 Å². The molecule has 0 saturated carbocycles. The van der Waals surface area contributed by atoms with Gasteiger partial charge in [0.2, 0.25) is 0 Å². The van der Waals surface area contributed by atoms with Crippen molar-refractivity contribution in [3.05, 3.63) is 41.9 Å². The van der Waals surface area contributed by atoms with E-state index >= 15 is 0 Å². The zero-order valence-corrected chi connectivity index (χ0v) is 9.26. The Labute approximate surface area is 93.5 Å². The Morgan fingerprint density at radius 2 is 2.12 bits per heavy atom. The number of hydrogen-bond acceptors (Lipinski definition) is 1. The molecular weight excluding hydrogens is 198 g/mol. The fraction of sp³-hybridized carbons (Fsp3) is 0.154. The zero-order valence-electron chi connectivity index (χ0n) is 9.26. The van der Waals surface area contributed by atoms with Crippen LogP contribution in [0.15, 0.2) is 24.3 Å². The van der Waals surface area contributed by atoms with E-state index in [4.69, 9.17) is 0 Å². The molecule has 3 aromatic rings. The third kappa shape index (κ3) is 1.33. The highest BCUT2D eigenvalue weighted by atomic mass is 14.9. The summed E-state index contributed by atoms with van der Waals surface area (Å²) in [5.74, 6) is 0.942. The van der Waals surface area contributed by atoms with E-state index in [1.165, 1.54) is 0 Å². The molecule has 0 spiro atoms. The molecule has 0 bridgehead atoms. The Bertz CT molecular complexity index is 613. The third-order valence-electron chi connectivity index (χ3n) is 2.72. The van der Waals surface area contributed by atoms with Crippen LogP contribution in [-0.2, 0) is 0 Å². The van der Waals surface area contributed by atoms with Gasteiger partial charge in [-0.05, 0) is 38.1 Å². The van der Waals surface area contributed by atoms with Gasteiger partial charge in [-0.3, -0.25) is 0 Å². The van der Waals surface area contributed by atoms with Crippen LogP contribution in [0.4, 0.5) is 0 Å². The maximum absolute atomic E-state index is 4.48. The molecule has 0 unspecified atom stereocenters. The van der Waals surface area contributed by atoms with E-state index in [0.29, 0.717) is 0 Å². The van der Waals surface area contributed by atoms with Crippen LogP contribution in [0, 0.1) is 19.9 Å². The molecule has 0 saturated heterocycles. The fourth-order valence-corrected chi connectivity index (χ4v) is 2.01. The molecule has 0 aliphatic carbocycles. The predicted octanol–water partition coefficient (Wildman–Crippen LogP) is 2.98. The van der Waals surface area contributed by atoms with Crippen molar-refractivity contribution in [2.24, 2.45) is 0 Å². The highest BCUT2D eigenvalue weighted by Gasteiger charge is 2.09. The lowest BCUT2D eigenvalue weighted by Gasteiger charge is -1.92. The molecule has 3 nitrogen and oxygen atoms in total. The Morgan fingerprint density at radius 1 is 1.25 bits per heavy atom. The zero-order chi connectivity index (χ0) is 11.1. The van der Waals surface area contributed by atoms with Crippen LogP contribution >= 0.6 is 0 Å². The van der Waals surface area contributed by atoms with Gasteiger partial charge in [-0.1, -0.05) is 6.07 Å². The number of benzene rings is 1. The molecule has 0 aliphatic rings. The van der Waals surface area contributed by atoms with Crippen LogP contribution in [0.1, 0.15) is 11.5 Å². The normalized spacial score (nSPS) is 11.1. The second-order valence-corrected chi connectivity index (χ2v) is 3.99. The van der Waals surface area contributed by atoms with E-state index in [0.717, 1.165) is 33.8 Å². The SMILES string of the molecule is Cc1nc(-c2cc3c[c]ccc3[nH]2)c(C)[nH]1. The van der Waals surface area contributed by atoms with Gasteiger partial charge in [0.05, 0.1) is 5.69 Å². The average Bonchev–Trinajstić information content (AvgIpc) is 2.81. The molecule has 3 heteroatoms. The summed E-state index contributed by atoms with van der Waals surface area (Å²) in [6.45, 7) is 4.00. The summed E-state index contributed by atoms with van der Waals surface area (Å²) in [6, 6.07) is 11.1. The lowest BCUT2D eigenvalue weighted by atomic mass is 10.2. The van der Waals surface area contributed by atoms with E-state index in [2.05, 4.69) is 27.1 Å². The van der Waals surface area contributed by atoms with Gasteiger partial charge in [-0.25, -0.2) is 4.98 Å². The van der Waals surface area contributed by atoms with Crippen molar-refractivity contribution in [1.82, 2.24) is 15.0 Å². The summed E-state index contributed by atoms with van der Waals surface area (Å²) >= 11 is 0. The quantitative estimate of drug-likeness (QED) is 0.637. The van der Waals surface area contributed by atoms with E-state index in [9.17, 15) is 0 Å². The monoisotopic (exact) mass is 210 g/mol. The van der Waals surface area contributed by atoms with Gasteiger partial charge in [0.25, 0.3) is 0 Å². The molecule has 79 valence electrons. The van der Waals surface area contributed by atoms with Crippen LogP contribution in [0.3, 0.4) is 0 Å². The topological polar surface area (TPSA) is 44.5 Å². The summed E-state index contributed by atoms with van der Waals surface area (Å²) < 4.78 is 0. The van der Waals surface area contributed by atoms with Crippen LogP contribution in [0.25, 0.3) is 22.3 Å². The highest BCUT2D eigenvalue weighted by molar-refractivity contribution is 5.85. The minimum absolute atomic E-state index is 0.942. The Morgan fingerprint density at radius 3 is 2.81 bits per heavy atom. The molecule has 2 N–H and O–H groups in total. The van der Waals surface area contributed by atoms with Crippen molar-refractivity contribution in [1.29, 1.82) is 0 Å². The first-order valence-corrected chi connectivity index (χ1v) is 5.26. The average molecular weight is 210 g/mol. The van der Waals surface area contributed by atoms with Crippen molar-refractivity contribution in [2.45, 2.75) is 13.8 Å². The number of aromatic amines is 2. The van der Waals surface area contributed by atoms with Crippen LogP contribution < -0.4 is 0 Å². The molecule has 0 atom stereocenters. The number of imidazole rings is 1. The standard InChI is InChI=1S/C13H12N3/c1-8-13(15-9(2)14-8)12-7-10-5-3-4-6-11(10)16-12/h4-7,16H,1-2H3,(H,14,15). The number of aryl methyl sites for hydroxylation is 2. The second kappa shape index (κ2) is 3.23. The van der Waals surface area contributed by atoms with Crippen LogP contribution in [0.5, 0.6) is 0 Å². The predicted molar refractivity (Wildman–Crippen MR) is 64.2 cm³/mol. The number of H-pyrrole nitrogens is 2. The molecule has 3 rings (SSSR count). The summed E-state index contributed by atoms with van der Waals surface area (Å²) in [5.41, 5.74) is 4.26. The fourth-order valence-electron chi connectivity index (χ4n) is 2.01. The number of nitrogens with zero attached hydrogens (tertiary/aromatic N) is 1.